The Bertz CT molecular complexity index is 807. The Morgan fingerprint density at radius 3 is 2.10 bits per heavy atom. The predicted molar refractivity (Wildman–Crippen MR) is 116 cm³/mol. The van der Waals surface area contributed by atoms with Crippen LogP contribution in [0.3, 0.4) is 0 Å². The molecular weight excluding hydrogens is 380 g/mol. The van der Waals surface area contributed by atoms with Crippen LogP contribution >= 0.6 is 0 Å². The number of hydrogen-bond acceptors (Lipinski definition) is 4. The van der Waals surface area contributed by atoms with Crippen LogP contribution in [0, 0.1) is 11.8 Å². The maximum atomic E-state index is 11.8. The van der Waals surface area contributed by atoms with Gasteiger partial charge in [-0.05, 0) is 15.4 Å². The van der Waals surface area contributed by atoms with Gasteiger partial charge in [0.1, 0.15) is 6.10 Å². The van der Waals surface area contributed by atoms with Crippen LogP contribution in [0.25, 0.3) is 0 Å². The minimum atomic E-state index is -2.64. The van der Waals surface area contributed by atoms with E-state index < -0.39 is 14.4 Å². The third-order valence-electron chi connectivity index (χ3n) is 6.59. The van der Waals surface area contributed by atoms with E-state index >= 15 is 0 Å². The van der Waals surface area contributed by atoms with Crippen molar-refractivity contribution in [3.63, 3.8) is 0 Å². The Morgan fingerprint density at radius 2 is 1.59 bits per heavy atom. The van der Waals surface area contributed by atoms with E-state index in [0.29, 0.717) is 19.4 Å². The number of aliphatic hydroxyl groups excluding tert-OH is 1. The van der Waals surface area contributed by atoms with Crippen molar-refractivity contribution >= 4 is 24.7 Å². The van der Waals surface area contributed by atoms with Crippen molar-refractivity contribution in [2.75, 3.05) is 6.61 Å². The highest BCUT2D eigenvalue weighted by Crippen LogP contribution is 2.43. The number of benzene rings is 2. The Hall–Kier alpha value is -1.95. The highest BCUT2D eigenvalue weighted by molar-refractivity contribution is 6.99. The zero-order valence-electron chi connectivity index (χ0n) is 17.4. The SMILES string of the molecule is CC(C)(C)[Si](OC[C@@H]1[C@@H]2CC(=O)O[C@H]2C[C@H]1O)(c1ccccc1)c1ccccc1. The van der Waals surface area contributed by atoms with E-state index in [1.165, 1.54) is 10.4 Å². The van der Waals surface area contributed by atoms with Crippen molar-refractivity contribution < 1.29 is 19.1 Å². The van der Waals surface area contributed by atoms with Crippen molar-refractivity contribution in [3.05, 3.63) is 60.7 Å². The largest absolute Gasteiger partial charge is 0.462 e. The number of hydrogen-bond donors (Lipinski definition) is 1. The van der Waals surface area contributed by atoms with E-state index in [1.54, 1.807) is 0 Å². The molecule has 0 amide bonds. The van der Waals surface area contributed by atoms with Crippen LogP contribution in [0.2, 0.25) is 5.04 Å². The highest BCUT2D eigenvalue weighted by Gasteiger charge is 2.54. The minimum Gasteiger partial charge on any atom is -0.462 e. The fraction of sp³-hybridized carbons (Fsp3) is 0.458. The molecule has 0 bridgehead atoms. The maximum absolute atomic E-state index is 11.8. The van der Waals surface area contributed by atoms with Crippen molar-refractivity contribution in [2.45, 2.75) is 50.9 Å². The molecule has 1 aliphatic carbocycles. The van der Waals surface area contributed by atoms with E-state index in [2.05, 4.69) is 69.3 Å². The predicted octanol–water partition coefficient (Wildman–Crippen LogP) is 2.88. The molecule has 2 aromatic rings. The molecule has 4 nitrogen and oxygen atoms in total. The molecule has 29 heavy (non-hydrogen) atoms. The van der Waals surface area contributed by atoms with Gasteiger partial charge in [0.25, 0.3) is 8.32 Å². The number of fused-ring (bicyclic) bond motifs is 1. The van der Waals surface area contributed by atoms with Gasteiger partial charge in [0.15, 0.2) is 0 Å². The van der Waals surface area contributed by atoms with E-state index in [1.807, 2.05) is 12.1 Å². The molecular formula is C24H30O4Si. The molecule has 2 aliphatic rings. The zero-order valence-corrected chi connectivity index (χ0v) is 18.4. The van der Waals surface area contributed by atoms with Crippen molar-refractivity contribution in [1.29, 1.82) is 0 Å². The maximum Gasteiger partial charge on any atom is 0.306 e. The molecule has 0 aromatic heterocycles. The summed E-state index contributed by atoms with van der Waals surface area (Å²) in [6.07, 6.45) is 0.253. The molecule has 1 N–H and O–H groups in total. The van der Waals surface area contributed by atoms with Gasteiger partial charge in [-0.1, -0.05) is 81.4 Å². The molecule has 0 spiro atoms. The topological polar surface area (TPSA) is 55.8 Å². The normalized spacial score (nSPS) is 27.0. The summed E-state index contributed by atoms with van der Waals surface area (Å²) in [5.74, 6) is -0.175. The van der Waals surface area contributed by atoms with Crippen LogP contribution in [0.4, 0.5) is 0 Å². The van der Waals surface area contributed by atoms with Gasteiger partial charge in [0.2, 0.25) is 0 Å². The van der Waals surface area contributed by atoms with Crippen molar-refractivity contribution in [3.8, 4) is 0 Å². The molecule has 0 unspecified atom stereocenters. The molecule has 154 valence electrons. The lowest BCUT2D eigenvalue weighted by molar-refractivity contribution is -0.141. The van der Waals surface area contributed by atoms with Crippen molar-refractivity contribution in [1.82, 2.24) is 0 Å². The van der Waals surface area contributed by atoms with Gasteiger partial charge in [-0.25, -0.2) is 0 Å². The Labute approximate surface area is 174 Å². The highest BCUT2D eigenvalue weighted by atomic mass is 28.4. The molecule has 2 aromatic carbocycles. The second kappa shape index (κ2) is 7.71. The first-order valence-corrected chi connectivity index (χ1v) is 12.4. The molecule has 4 rings (SSSR count). The van der Waals surface area contributed by atoms with Crippen LogP contribution < -0.4 is 10.4 Å². The lowest BCUT2D eigenvalue weighted by atomic mass is 9.93. The molecule has 1 heterocycles. The summed E-state index contributed by atoms with van der Waals surface area (Å²) in [5.41, 5.74) is 0. The Kier molecular flexibility index (Phi) is 5.40. The monoisotopic (exact) mass is 410 g/mol. The van der Waals surface area contributed by atoms with Gasteiger partial charge in [0.05, 0.1) is 12.5 Å². The lowest BCUT2D eigenvalue weighted by Gasteiger charge is -2.44. The first kappa shape index (κ1) is 20.3. The summed E-state index contributed by atoms with van der Waals surface area (Å²) in [5, 5.41) is 13.0. The molecule has 1 saturated carbocycles. The molecule has 4 atom stereocenters. The van der Waals surface area contributed by atoms with Gasteiger partial charge in [-0.15, -0.1) is 0 Å². The number of esters is 1. The summed E-state index contributed by atoms with van der Waals surface area (Å²) in [6.45, 7) is 7.17. The average molecular weight is 411 g/mol. The van der Waals surface area contributed by atoms with Gasteiger partial charge in [-0.3, -0.25) is 4.79 Å². The van der Waals surface area contributed by atoms with Gasteiger partial charge in [0, 0.05) is 24.9 Å². The number of aliphatic hydroxyl groups is 1. The molecule has 1 saturated heterocycles. The lowest BCUT2D eigenvalue weighted by Crippen LogP contribution is -2.67. The summed E-state index contributed by atoms with van der Waals surface area (Å²) in [6, 6.07) is 21.0. The van der Waals surface area contributed by atoms with Gasteiger partial charge < -0.3 is 14.3 Å². The number of carbonyl (C=O) groups excluding carboxylic acids is 1. The number of rotatable bonds is 5. The van der Waals surface area contributed by atoms with E-state index in [9.17, 15) is 9.90 Å². The van der Waals surface area contributed by atoms with Crippen LogP contribution in [-0.2, 0) is 14.0 Å². The fourth-order valence-corrected chi connectivity index (χ4v) is 9.79. The minimum absolute atomic E-state index is 0.0516. The standard InChI is InChI=1S/C24H30O4Si/c1-24(2,3)29(17-10-6-4-7-11-17,18-12-8-5-9-13-18)27-16-20-19-14-23(26)28-22(19)15-21(20)25/h4-13,19-22,25H,14-16H2,1-3H3/t19-,20+,21+,22-/m0/s1. The third kappa shape index (κ3) is 3.56. The van der Waals surface area contributed by atoms with Gasteiger partial charge >= 0.3 is 5.97 Å². The summed E-state index contributed by atoms with van der Waals surface area (Å²) in [4.78, 5) is 11.8. The molecule has 0 radical (unpaired) electrons. The van der Waals surface area contributed by atoms with E-state index in [4.69, 9.17) is 9.16 Å². The second-order valence-electron chi connectivity index (χ2n) is 9.34. The third-order valence-corrected chi connectivity index (χ3v) is 11.6. The average Bonchev–Trinajstić information content (AvgIpc) is 3.18. The zero-order chi connectivity index (χ0) is 20.6. The molecule has 2 fully saturated rings. The summed E-state index contributed by atoms with van der Waals surface area (Å²) >= 11 is 0. The Morgan fingerprint density at radius 1 is 1.03 bits per heavy atom. The van der Waals surface area contributed by atoms with E-state index in [0.717, 1.165) is 0 Å². The first-order chi connectivity index (χ1) is 13.8. The van der Waals surface area contributed by atoms with E-state index in [-0.39, 0.29) is 28.9 Å². The second-order valence-corrected chi connectivity index (χ2v) is 13.6. The summed E-state index contributed by atoms with van der Waals surface area (Å²) in [7, 11) is -2.64. The molecule has 1 aliphatic heterocycles. The van der Waals surface area contributed by atoms with Crippen molar-refractivity contribution in [2.24, 2.45) is 11.8 Å². The van der Waals surface area contributed by atoms with Crippen LogP contribution in [0.1, 0.15) is 33.6 Å². The number of ether oxygens (including phenoxy) is 1. The summed E-state index contributed by atoms with van der Waals surface area (Å²) < 4.78 is 12.4. The van der Waals surface area contributed by atoms with Crippen LogP contribution in [0.5, 0.6) is 0 Å². The first-order valence-electron chi connectivity index (χ1n) is 10.5. The smallest absolute Gasteiger partial charge is 0.306 e. The number of carbonyl (C=O) groups is 1. The fourth-order valence-electron chi connectivity index (χ4n) is 5.19. The van der Waals surface area contributed by atoms with Crippen LogP contribution in [0.15, 0.2) is 60.7 Å². The van der Waals surface area contributed by atoms with Gasteiger partial charge in [-0.2, -0.15) is 0 Å². The van der Waals surface area contributed by atoms with Crippen LogP contribution in [-0.4, -0.2) is 38.2 Å². The Balaban J connectivity index is 1.72. The molecule has 5 heteroatoms. The quantitative estimate of drug-likeness (QED) is 0.608.